The molecule has 0 aliphatic rings. The van der Waals surface area contributed by atoms with E-state index in [1.54, 1.807) is 18.2 Å². The SMILES string of the molecule is Cc1ccc(C(O)CNc2cccc(F)c2)cc1N. The van der Waals surface area contributed by atoms with Crippen LogP contribution in [0.4, 0.5) is 15.8 Å². The minimum atomic E-state index is -0.689. The predicted molar refractivity (Wildman–Crippen MR) is 75.4 cm³/mol. The zero-order valence-corrected chi connectivity index (χ0v) is 10.7. The highest BCUT2D eigenvalue weighted by Crippen LogP contribution is 2.20. The van der Waals surface area contributed by atoms with Gasteiger partial charge in [-0.25, -0.2) is 4.39 Å². The summed E-state index contributed by atoms with van der Waals surface area (Å²) in [5, 5.41) is 13.0. The number of halogens is 1. The summed E-state index contributed by atoms with van der Waals surface area (Å²) >= 11 is 0. The van der Waals surface area contributed by atoms with E-state index in [-0.39, 0.29) is 5.82 Å². The van der Waals surface area contributed by atoms with E-state index in [4.69, 9.17) is 5.73 Å². The van der Waals surface area contributed by atoms with Crippen molar-refractivity contribution < 1.29 is 9.50 Å². The summed E-state index contributed by atoms with van der Waals surface area (Å²) < 4.78 is 13.0. The van der Waals surface area contributed by atoms with Gasteiger partial charge in [-0.3, -0.25) is 0 Å². The predicted octanol–water partition coefficient (Wildman–Crippen LogP) is 2.86. The van der Waals surface area contributed by atoms with Crippen molar-refractivity contribution in [1.82, 2.24) is 0 Å². The average Bonchev–Trinajstić information content (AvgIpc) is 2.39. The minimum Gasteiger partial charge on any atom is -0.399 e. The first kappa shape index (κ1) is 13.4. The third-order valence-electron chi connectivity index (χ3n) is 3.01. The molecule has 0 aromatic heterocycles. The zero-order chi connectivity index (χ0) is 13.8. The number of nitrogens with one attached hydrogen (secondary N) is 1. The highest BCUT2D eigenvalue weighted by atomic mass is 19.1. The van der Waals surface area contributed by atoms with Gasteiger partial charge in [0.25, 0.3) is 0 Å². The molecule has 1 unspecified atom stereocenters. The van der Waals surface area contributed by atoms with Gasteiger partial charge in [-0.1, -0.05) is 18.2 Å². The lowest BCUT2D eigenvalue weighted by Crippen LogP contribution is -2.12. The Hall–Kier alpha value is -2.07. The van der Waals surface area contributed by atoms with E-state index >= 15 is 0 Å². The number of aliphatic hydroxyl groups excluding tert-OH is 1. The lowest BCUT2D eigenvalue weighted by Gasteiger charge is -2.14. The van der Waals surface area contributed by atoms with E-state index in [2.05, 4.69) is 5.32 Å². The van der Waals surface area contributed by atoms with Crippen molar-refractivity contribution in [1.29, 1.82) is 0 Å². The zero-order valence-electron chi connectivity index (χ0n) is 10.7. The van der Waals surface area contributed by atoms with Crippen molar-refractivity contribution >= 4 is 11.4 Å². The molecule has 1 atom stereocenters. The van der Waals surface area contributed by atoms with E-state index < -0.39 is 6.10 Å². The molecule has 100 valence electrons. The number of rotatable bonds is 4. The molecule has 0 heterocycles. The second-order valence-electron chi connectivity index (χ2n) is 4.52. The van der Waals surface area contributed by atoms with Gasteiger partial charge in [0, 0.05) is 17.9 Å². The van der Waals surface area contributed by atoms with Gasteiger partial charge in [-0.05, 0) is 42.3 Å². The number of aliphatic hydroxyl groups is 1. The monoisotopic (exact) mass is 260 g/mol. The van der Waals surface area contributed by atoms with Crippen LogP contribution in [-0.4, -0.2) is 11.7 Å². The van der Waals surface area contributed by atoms with E-state index in [0.29, 0.717) is 17.9 Å². The standard InChI is InChI=1S/C15H17FN2O/c1-10-5-6-11(7-14(10)17)15(19)9-18-13-4-2-3-12(16)8-13/h2-8,15,18-19H,9,17H2,1H3. The van der Waals surface area contributed by atoms with Crippen LogP contribution in [0.3, 0.4) is 0 Å². The van der Waals surface area contributed by atoms with E-state index in [1.165, 1.54) is 12.1 Å². The van der Waals surface area contributed by atoms with Crippen LogP contribution in [-0.2, 0) is 0 Å². The second-order valence-corrected chi connectivity index (χ2v) is 4.52. The van der Waals surface area contributed by atoms with Crippen LogP contribution >= 0.6 is 0 Å². The first-order chi connectivity index (χ1) is 9.06. The molecule has 2 aromatic rings. The first-order valence-corrected chi connectivity index (χ1v) is 6.10. The van der Waals surface area contributed by atoms with Gasteiger partial charge >= 0.3 is 0 Å². The number of hydrogen-bond donors (Lipinski definition) is 3. The number of anilines is 2. The summed E-state index contributed by atoms with van der Waals surface area (Å²) in [7, 11) is 0. The molecule has 0 aliphatic carbocycles. The van der Waals surface area contributed by atoms with Gasteiger partial charge in [0.15, 0.2) is 0 Å². The average molecular weight is 260 g/mol. The number of nitrogen functional groups attached to an aromatic ring is 1. The molecule has 19 heavy (non-hydrogen) atoms. The van der Waals surface area contributed by atoms with Crippen LogP contribution < -0.4 is 11.1 Å². The third kappa shape index (κ3) is 3.45. The maximum atomic E-state index is 13.0. The quantitative estimate of drug-likeness (QED) is 0.741. The molecule has 2 aromatic carbocycles. The third-order valence-corrected chi connectivity index (χ3v) is 3.01. The topological polar surface area (TPSA) is 58.3 Å². The molecule has 0 fully saturated rings. The fourth-order valence-electron chi connectivity index (χ4n) is 1.80. The van der Waals surface area contributed by atoms with Crippen molar-refractivity contribution in [3.8, 4) is 0 Å². The second kappa shape index (κ2) is 5.71. The van der Waals surface area contributed by atoms with Gasteiger partial charge in [0.1, 0.15) is 5.82 Å². The van der Waals surface area contributed by atoms with Crippen LogP contribution in [0.5, 0.6) is 0 Å². The Morgan fingerprint density at radius 1 is 1.26 bits per heavy atom. The lowest BCUT2D eigenvalue weighted by atomic mass is 10.1. The maximum absolute atomic E-state index is 13.0. The highest BCUT2D eigenvalue weighted by Gasteiger charge is 2.08. The number of benzene rings is 2. The Morgan fingerprint density at radius 3 is 2.74 bits per heavy atom. The molecule has 2 rings (SSSR count). The van der Waals surface area contributed by atoms with E-state index in [1.807, 2.05) is 19.1 Å². The Kier molecular flexibility index (Phi) is 4.02. The van der Waals surface area contributed by atoms with Crippen molar-refractivity contribution in [2.75, 3.05) is 17.6 Å². The van der Waals surface area contributed by atoms with E-state index in [9.17, 15) is 9.50 Å². The summed E-state index contributed by atoms with van der Waals surface area (Å²) in [6, 6.07) is 11.6. The normalized spacial score (nSPS) is 12.2. The summed E-state index contributed by atoms with van der Waals surface area (Å²) in [4.78, 5) is 0. The molecule has 4 N–H and O–H groups in total. The number of hydrogen-bond acceptors (Lipinski definition) is 3. The van der Waals surface area contributed by atoms with Gasteiger partial charge in [0.2, 0.25) is 0 Å². The van der Waals surface area contributed by atoms with Gasteiger partial charge in [-0.15, -0.1) is 0 Å². The molecule has 0 spiro atoms. The fraction of sp³-hybridized carbons (Fsp3) is 0.200. The maximum Gasteiger partial charge on any atom is 0.125 e. The van der Waals surface area contributed by atoms with Gasteiger partial charge in [0.05, 0.1) is 6.10 Å². The Morgan fingerprint density at radius 2 is 2.05 bits per heavy atom. The Balaban J connectivity index is 2.01. The molecule has 0 saturated heterocycles. The summed E-state index contributed by atoms with van der Waals surface area (Å²) in [6.45, 7) is 2.21. The van der Waals surface area contributed by atoms with Gasteiger partial charge in [-0.2, -0.15) is 0 Å². The molecular weight excluding hydrogens is 243 g/mol. The van der Waals surface area contributed by atoms with Crippen molar-refractivity contribution in [3.63, 3.8) is 0 Å². The number of nitrogens with two attached hydrogens (primary N) is 1. The molecule has 0 saturated carbocycles. The lowest BCUT2D eigenvalue weighted by molar-refractivity contribution is 0.191. The van der Waals surface area contributed by atoms with E-state index in [0.717, 1.165) is 11.1 Å². The molecule has 0 radical (unpaired) electrons. The first-order valence-electron chi connectivity index (χ1n) is 6.10. The summed E-state index contributed by atoms with van der Waals surface area (Å²) in [6.07, 6.45) is -0.689. The van der Waals surface area contributed by atoms with Gasteiger partial charge < -0.3 is 16.2 Å². The Labute approximate surface area is 111 Å². The van der Waals surface area contributed by atoms with Crippen molar-refractivity contribution in [3.05, 3.63) is 59.4 Å². The fourth-order valence-corrected chi connectivity index (χ4v) is 1.80. The molecule has 0 aliphatic heterocycles. The molecule has 3 nitrogen and oxygen atoms in total. The number of aryl methyl sites for hydroxylation is 1. The molecule has 0 amide bonds. The Bertz CT molecular complexity index is 572. The summed E-state index contributed by atoms with van der Waals surface area (Å²) in [5.41, 5.74) is 8.82. The van der Waals surface area contributed by atoms with Crippen LogP contribution in [0.2, 0.25) is 0 Å². The van der Waals surface area contributed by atoms with Crippen LogP contribution in [0, 0.1) is 12.7 Å². The smallest absolute Gasteiger partial charge is 0.125 e. The minimum absolute atomic E-state index is 0.298. The molecular formula is C15H17FN2O. The highest BCUT2D eigenvalue weighted by molar-refractivity contribution is 5.49. The molecule has 0 bridgehead atoms. The largest absolute Gasteiger partial charge is 0.399 e. The molecule has 4 heteroatoms. The van der Waals surface area contributed by atoms with Crippen molar-refractivity contribution in [2.45, 2.75) is 13.0 Å². The van der Waals surface area contributed by atoms with Crippen LogP contribution in [0.1, 0.15) is 17.2 Å². The van der Waals surface area contributed by atoms with Crippen molar-refractivity contribution in [2.24, 2.45) is 0 Å². The van der Waals surface area contributed by atoms with Crippen LogP contribution in [0.25, 0.3) is 0 Å². The van der Waals surface area contributed by atoms with Crippen LogP contribution in [0.15, 0.2) is 42.5 Å². The summed E-state index contributed by atoms with van der Waals surface area (Å²) in [5.74, 6) is -0.306.